The third-order valence-corrected chi connectivity index (χ3v) is 3.02. The minimum atomic E-state index is -0.843. The highest BCUT2D eigenvalue weighted by Crippen LogP contribution is 2.19. The predicted octanol–water partition coefficient (Wildman–Crippen LogP) is 0.293. The third kappa shape index (κ3) is 3.35. The van der Waals surface area contributed by atoms with Gasteiger partial charge in [0.25, 0.3) is 0 Å². The molecule has 0 aliphatic rings. The quantitative estimate of drug-likeness (QED) is 0.316. The Bertz CT molecular complexity index is 611. The van der Waals surface area contributed by atoms with Crippen LogP contribution < -0.4 is 5.73 Å². The van der Waals surface area contributed by atoms with Gasteiger partial charge in [-0.25, -0.2) is 4.98 Å². The van der Waals surface area contributed by atoms with E-state index in [0.717, 1.165) is 0 Å². The van der Waals surface area contributed by atoms with Crippen molar-refractivity contribution < 1.29 is 10.0 Å². The van der Waals surface area contributed by atoms with Crippen molar-refractivity contribution in [3.63, 3.8) is 0 Å². The largest absolute Gasteiger partial charge is 0.409 e. The summed E-state index contributed by atoms with van der Waals surface area (Å²) in [4.78, 5) is 18.0. The van der Waals surface area contributed by atoms with Crippen LogP contribution in [0.1, 0.15) is 17.3 Å². The number of benzene rings is 1. The highest BCUT2D eigenvalue weighted by atomic mass is 16.4. The minimum Gasteiger partial charge on any atom is -0.409 e. The lowest BCUT2D eigenvalue weighted by Crippen LogP contribution is -2.38. The molecule has 1 aromatic carbocycles. The van der Waals surface area contributed by atoms with Gasteiger partial charge in [0, 0.05) is 7.05 Å². The number of hydrogen-bond donors (Lipinski definition) is 3. The molecule has 8 heteroatoms. The van der Waals surface area contributed by atoms with E-state index in [-0.39, 0.29) is 18.3 Å². The van der Waals surface area contributed by atoms with Crippen molar-refractivity contribution >= 4 is 11.7 Å². The molecule has 0 saturated carbocycles. The molecular formula is C13H16N6O2. The molecule has 21 heavy (non-hydrogen) atoms. The molecule has 1 heterocycles. The first-order valence-electron chi connectivity index (χ1n) is 6.25. The molecule has 8 nitrogen and oxygen atoms in total. The molecule has 1 unspecified atom stereocenters. The maximum Gasteiger partial charge on any atom is 0.238 e. The van der Waals surface area contributed by atoms with Gasteiger partial charge in [-0.05, 0) is 5.56 Å². The van der Waals surface area contributed by atoms with Gasteiger partial charge in [0.1, 0.15) is 18.1 Å². The number of nitrogens with zero attached hydrogens (tertiary/aromatic N) is 4. The Morgan fingerprint density at radius 1 is 1.48 bits per heavy atom. The van der Waals surface area contributed by atoms with Crippen molar-refractivity contribution in [3.05, 3.63) is 48.0 Å². The number of aromatic amines is 1. The number of H-pyrrole nitrogens is 1. The van der Waals surface area contributed by atoms with Gasteiger partial charge in [0.15, 0.2) is 5.84 Å². The maximum absolute atomic E-state index is 12.6. The van der Waals surface area contributed by atoms with Gasteiger partial charge in [-0.3, -0.25) is 9.89 Å². The smallest absolute Gasteiger partial charge is 0.238 e. The second kappa shape index (κ2) is 6.51. The Kier molecular flexibility index (Phi) is 4.50. The number of nitrogens with one attached hydrogen (secondary N) is 1. The lowest BCUT2D eigenvalue weighted by molar-refractivity contribution is -0.130. The number of carbonyl (C=O) groups is 1. The monoisotopic (exact) mass is 288 g/mol. The van der Waals surface area contributed by atoms with Crippen molar-refractivity contribution in [1.82, 2.24) is 20.1 Å². The Labute approximate surface area is 121 Å². The van der Waals surface area contributed by atoms with E-state index in [9.17, 15) is 4.79 Å². The van der Waals surface area contributed by atoms with Crippen molar-refractivity contribution in [2.24, 2.45) is 10.9 Å². The number of hydrogen-bond acceptors (Lipinski definition) is 5. The van der Waals surface area contributed by atoms with E-state index in [1.807, 2.05) is 6.07 Å². The number of likely N-dealkylation sites (N-methyl/N-ethyl adjacent to an activating group) is 1. The van der Waals surface area contributed by atoms with Crippen LogP contribution in [0.2, 0.25) is 0 Å². The molecule has 0 aliphatic carbocycles. The average Bonchev–Trinajstić information content (AvgIpc) is 3.01. The Morgan fingerprint density at radius 2 is 2.19 bits per heavy atom. The van der Waals surface area contributed by atoms with Gasteiger partial charge in [0.2, 0.25) is 5.91 Å². The second-order valence-electron chi connectivity index (χ2n) is 4.50. The molecule has 2 rings (SSSR count). The van der Waals surface area contributed by atoms with Crippen LogP contribution in [-0.4, -0.2) is 44.1 Å². The average molecular weight is 288 g/mol. The lowest BCUT2D eigenvalue weighted by atomic mass is 9.96. The molecule has 4 N–H and O–H groups in total. The van der Waals surface area contributed by atoms with E-state index in [1.165, 1.54) is 11.2 Å². The molecule has 0 saturated heterocycles. The minimum absolute atomic E-state index is 0.157. The zero-order valence-corrected chi connectivity index (χ0v) is 11.5. The molecule has 1 amide bonds. The highest BCUT2D eigenvalue weighted by Gasteiger charge is 2.28. The van der Waals surface area contributed by atoms with Crippen molar-refractivity contribution in [2.45, 2.75) is 12.5 Å². The Morgan fingerprint density at radius 3 is 2.76 bits per heavy atom. The van der Waals surface area contributed by atoms with Crippen LogP contribution in [0.5, 0.6) is 0 Å². The third-order valence-electron chi connectivity index (χ3n) is 3.02. The van der Waals surface area contributed by atoms with E-state index in [0.29, 0.717) is 11.4 Å². The standard InChI is InChI=1S/C13H16N6O2/c1-19(7-10-15-8-16-17-10)13(20)11(12(14)18-21)9-5-3-2-4-6-9/h2-6,8,11,21H,7H2,1H3,(H2,14,18)(H,15,16,17). The van der Waals surface area contributed by atoms with Crippen LogP contribution in [0, 0.1) is 0 Å². The number of nitrogens with two attached hydrogens (primary N) is 1. The van der Waals surface area contributed by atoms with E-state index in [4.69, 9.17) is 10.9 Å². The molecule has 0 bridgehead atoms. The summed E-state index contributed by atoms with van der Waals surface area (Å²) in [6, 6.07) is 8.91. The summed E-state index contributed by atoms with van der Waals surface area (Å²) >= 11 is 0. The summed E-state index contributed by atoms with van der Waals surface area (Å²) in [5.74, 6) is -0.746. The summed E-state index contributed by atoms with van der Waals surface area (Å²) < 4.78 is 0. The summed E-state index contributed by atoms with van der Waals surface area (Å²) in [5.41, 5.74) is 6.33. The van der Waals surface area contributed by atoms with Crippen LogP contribution >= 0.6 is 0 Å². The van der Waals surface area contributed by atoms with Crippen LogP contribution in [0.15, 0.2) is 41.8 Å². The van der Waals surface area contributed by atoms with Crippen molar-refractivity contribution in [1.29, 1.82) is 0 Å². The zero-order chi connectivity index (χ0) is 15.2. The van der Waals surface area contributed by atoms with E-state index >= 15 is 0 Å². The van der Waals surface area contributed by atoms with Crippen LogP contribution in [-0.2, 0) is 11.3 Å². The fourth-order valence-electron chi connectivity index (χ4n) is 1.97. The molecule has 0 fully saturated rings. The maximum atomic E-state index is 12.6. The normalized spacial score (nSPS) is 12.9. The van der Waals surface area contributed by atoms with Gasteiger partial charge >= 0.3 is 0 Å². The molecule has 0 aliphatic heterocycles. The van der Waals surface area contributed by atoms with Gasteiger partial charge < -0.3 is 15.8 Å². The van der Waals surface area contributed by atoms with Crippen molar-refractivity contribution in [2.75, 3.05) is 7.05 Å². The number of amidine groups is 1. The molecular weight excluding hydrogens is 272 g/mol. The van der Waals surface area contributed by atoms with E-state index in [2.05, 4.69) is 20.3 Å². The fraction of sp³-hybridized carbons (Fsp3) is 0.231. The second-order valence-corrected chi connectivity index (χ2v) is 4.50. The van der Waals surface area contributed by atoms with Gasteiger partial charge in [-0.1, -0.05) is 35.5 Å². The van der Waals surface area contributed by atoms with Gasteiger partial charge in [-0.15, -0.1) is 0 Å². The Hall–Kier alpha value is -2.90. The number of amides is 1. The molecule has 0 spiro atoms. The summed E-state index contributed by atoms with van der Waals surface area (Å²) in [7, 11) is 1.62. The Balaban J connectivity index is 2.22. The van der Waals surface area contributed by atoms with E-state index in [1.54, 1.807) is 31.3 Å². The first kappa shape index (κ1) is 14.5. The number of aromatic nitrogens is 3. The summed E-state index contributed by atoms with van der Waals surface area (Å²) in [6.07, 6.45) is 1.37. The van der Waals surface area contributed by atoms with Crippen LogP contribution in [0.3, 0.4) is 0 Å². The topological polar surface area (TPSA) is 120 Å². The predicted molar refractivity (Wildman–Crippen MR) is 75.4 cm³/mol. The first-order valence-corrected chi connectivity index (χ1v) is 6.25. The van der Waals surface area contributed by atoms with Crippen LogP contribution in [0.4, 0.5) is 0 Å². The first-order chi connectivity index (χ1) is 10.1. The molecule has 2 aromatic rings. The zero-order valence-electron chi connectivity index (χ0n) is 11.5. The van der Waals surface area contributed by atoms with Crippen LogP contribution in [0.25, 0.3) is 0 Å². The molecule has 110 valence electrons. The molecule has 1 atom stereocenters. The van der Waals surface area contributed by atoms with Gasteiger partial charge in [-0.2, -0.15) is 5.10 Å². The lowest BCUT2D eigenvalue weighted by Gasteiger charge is -2.22. The molecule has 1 aromatic heterocycles. The van der Waals surface area contributed by atoms with E-state index < -0.39 is 5.92 Å². The van der Waals surface area contributed by atoms with Crippen molar-refractivity contribution in [3.8, 4) is 0 Å². The number of rotatable bonds is 5. The highest BCUT2D eigenvalue weighted by molar-refractivity contribution is 6.07. The fourth-order valence-corrected chi connectivity index (χ4v) is 1.97. The number of carbonyl (C=O) groups excluding carboxylic acids is 1. The summed E-state index contributed by atoms with van der Waals surface area (Å²) in [6.45, 7) is 0.251. The SMILES string of the molecule is CN(Cc1ncn[nH]1)C(=O)C(C(N)=NO)c1ccccc1. The summed E-state index contributed by atoms with van der Waals surface area (Å²) in [5, 5.41) is 18.3. The van der Waals surface area contributed by atoms with Gasteiger partial charge in [0.05, 0.1) is 6.54 Å². The number of oxime groups is 1. The molecule has 0 radical (unpaired) electrons.